The normalized spacial score (nSPS) is 10.3. The van der Waals surface area contributed by atoms with Gasteiger partial charge in [0.25, 0.3) is 5.91 Å². The average Bonchev–Trinajstić information content (AvgIpc) is 3.17. The molecular formula is C20H18N4O5. The van der Waals surface area contributed by atoms with Gasteiger partial charge in [0.05, 0.1) is 14.2 Å². The summed E-state index contributed by atoms with van der Waals surface area (Å²) in [5, 5.41) is 7.46. The molecule has 29 heavy (non-hydrogen) atoms. The van der Waals surface area contributed by atoms with E-state index in [1.807, 2.05) is 36.4 Å². The molecule has 0 radical (unpaired) electrons. The largest absolute Gasteiger partial charge is 0.464 e. The zero-order chi connectivity index (χ0) is 20.8. The van der Waals surface area contributed by atoms with Crippen molar-refractivity contribution in [1.29, 1.82) is 0 Å². The molecule has 2 aromatic carbocycles. The van der Waals surface area contributed by atoms with E-state index in [1.165, 1.54) is 4.90 Å². The molecule has 0 spiro atoms. The quantitative estimate of drug-likeness (QED) is 0.591. The highest BCUT2D eigenvalue weighted by atomic mass is 16.5. The summed E-state index contributed by atoms with van der Waals surface area (Å²) in [6.45, 7) is -0.349. The van der Waals surface area contributed by atoms with Crippen LogP contribution < -0.4 is 4.90 Å². The first-order valence-corrected chi connectivity index (χ1v) is 8.60. The van der Waals surface area contributed by atoms with E-state index in [0.29, 0.717) is 11.4 Å². The van der Waals surface area contributed by atoms with Crippen LogP contribution in [0.15, 0.2) is 60.7 Å². The third-order valence-corrected chi connectivity index (χ3v) is 4.06. The predicted octanol–water partition coefficient (Wildman–Crippen LogP) is 2.22. The van der Waals surface area contributed by atoms with E-state index in [4.69, 9.17) is 4.74 Å². The van der Waals surface area contributed by atoms with Crippen molar-refractivity contribution in [2.45, 2.75) is 6.54 Å². The van der Waals surface area contributed by atoms with Crippen LogP contribution in [0.25, 0.3) is 0 Å². The van der Waals surface area contributed by atoms with Crippen molar-refractivity contribution >= 4 is 29.2 Å². The van der Waals surface area contributed by atoms with Gasteiger partial charge in [0.15, 0.2) is 5.69 Å². The number of anilines is 2. The van der Waals surface area contributed by atoms with Crippen molar-refractivity contribution in [3.8, 4) is 0 Å². The number of esters is 2. The lowest BCUT2D eigenvalue weighted by atomic mass is 10.2. The van der Waals surface area contributed by atoms with Crippen LogP contribution in [-0.2, 0) is 20.8 Å². The molecule has 148 valence electrons. The average molecular weight is 394 g/mol. The van der Waals surface area contributed by atoms with Crippen LogP contribution in [-0.4, -0.2) is 47.1 Å². The fourth-order valence-corrected chi connectivity index (χ4v) is 2.75. The third kappa shape index (κ3) is 4.13. The van der Waals surface area contributed by atoms with Gasteiger partial charge in [0, 0.05) is 11.4 Å². The number of methoxy groups -OCH3 is 2. The molecule has 1 amide bonds. The van der Waals surface area contributed by atoms with E-state index < -0.39 is 17.8 Å². The maximum absolute atomic E-state index is 13.2. The lowest BCUT2D eigenvalue weighted by Crippen LogP contribution is -2.31. The van der Waals surface area contributed by atoms with Gasteiger partial charge in [-0.05, 0) is 24.3 Å². The Bertz CT molecular complexity index is 978. The van der Waals surface area contributed by atoms with E-state index >= 15 is 0 Å². The lowest BCUT2D eigenvalue weighted by Gasteiger charge is -2.23. The Hall–Kier alpha value is -4.01. The molecule has 0 saturated heterocycles. The molecular weight excluding hydrogens is 376 g/mol. The second-order valence-electron chi connectivity index (χ2n) is 5.83. The van der Waals surface area contributed by atoms with Crippen molar-refractivity contribution in [1.82, 2.24) is 15.0 Å². The Balaban J connectivity index is 2.00. The minimum absolute atomic E-state index is 0.256. The minimum Gasteiger partial charge on any atom is -0.464 e. The molecule has 0 aliphatic carbocycles. The fraction of sp³-hybridized carbons (Fsp3) is 0.150. The van der Waals surface area contributed by atoms with Crippen LogP contribution in [0.2, 0.25) is 0 Å². The third-order valence-electron chi connectivity index (χ3n) is 4.06. The number of para-hydroxylation sites is 2. The summed E-state index contributed by atoms with van der Waals surface area (Å²) in [6, 6.07) is 18.1. The molecule has 0 aliphatic rings. The predicted molar refractivity (Wildman–Crippen MR) is 103 cm³/mol. The Labute approximate surface area is 166 Å². The first-order valence-electron chi connectivity index (χ1n) is 8.60. The molecule has 1 aromatic heterocycles. The van der Waals surface area contributed by atoms with Gasteiger partial charge in [0.2, 0.25) is 5.69 Å². The zero-order valence-electron chi connectivity index (χ0n) is 15.8. The summed E-state index contributed by atoms with van der Waals surface area (Å²) in [4.78, 5) is 38.7. The fourth-order valence-electron chi connectivity index (χ4n) is 2.75. The Morgan fingerprint density at radius 3 is 1.86 bits per heavy atom. The number of carbonyl (C=O) groups excluding carboxylic acids is 3. The Morgan fingerprint density at radius 1 is 0.862 bits per heavy atom. The van der Waals surface area contributed by atoms with Gasteiger partial charge < -0.3 is 9.47 Å². The van der Waals surface area contributed by atoms with Crippen LogP contribution >= 0.6 is 0 Å². The summed E-state index contributed by atoms with van der Waals surface area (Å²) in [5.74, 6) is -2.10. The number of hydrogen-bond acceptors (Lipinski definition) is 7. The molecule has 9 nitrogen and oxygen atoms in total. The molecule has 0 unspecified atom stereocenters. The van der Waals surface area contributed by atoms with Gasteiger partial charge in [-0.15, -0.1) is 5.10 Å². The molecule has 0 bridgehead atoms. The monoisotopic (exact) mass is 394 g/mol. The molecule has 0 fully saturated rings. The second-order valence-corrected chi connectivity index (χ2v) is 5.83. The van der Waals surface area contributed by atoms with Crippen molar-refractivity contribution in [2.75, 3.05) is 19.1 Å². The Kier molecular flexibility index (Phi) is 5.98. The van der Waals surface area contributed by atoms with E-state index in [-0.39, 0.29) is 17.9 Å². The highest BCUT2D eigenvalue weighted by Gasteiger charge is 2.29. The van der Waals surface area contributed by atoms with Crippen molar-refractivity contribution in [3.63, 3.8) is 0 Å². The Morgan fingerprint density at radius 2 is 1.38 bits per heavy atom. The maximum Gasteiger partial charge on any atom is 0.361 e. The van der Waals surface area contributed by atoms with E-state index in [0.717, 1.165) is 18.9 Å². The molecule has 9 heteroatoms. The van der Waals surface area contributed by atoms with Crippen LogP contribution in [0.1, 0.15) is 21.0 Å². The highest BCUT2D eigenvalue weighted by molar-refractivity contribution is 6.02. The number of hydrogen-bond donors (Lipinski definition) is 0. The molecule has 3 rings (SSSR count). The summed E-state index contributed by atoms with van der Waals surface area (Å²) in [6.07, 6.45) is 0. The van der Waals surface area contributed by atoms with Gasteiger partial charge in [-0.25, -0.2) is 14.3 Å². The smallest absolute Gasteiger partial charge is 0.361 e. The van der Waals surface area contributed by atoms with Gasteiger partial charge in [-0.1, -0.05) is 41.6 Å². The van der Waals surface area contributed by atoms with Crippen molar-refractivity contribution < 1.29 is 23.9 Å². The first kappa shape index (κ1) is 19.7. The van der Waals surface area contributed by atoms with Gasteiger partial charge in [-0.3, -0.25) is 9.69 Å². The zero-order valence-corrected chi connectivity index (χ0v) is 15.8. The number of benzene rings is 2. The molecule has 0 N–H and O–H groups in total. The van der Waals surface area contributed by atoms with Crippen LogP contribution in [0.5, 0.6) is 0 Å². The number of rotatable bonds is 6. The topological polar surface area (TPSA) is 104 Å². The van der Waals surface area contributed by atoms with E-state index in [9.17, 15) is 14.4 Å². The van der Waals surface area contributed by atoms with Crippen LogP contribution in [0.4, 0.5) is 11.4 Å². The van der Waals surface area contributed by atoms with Crippen molar-refractivity contribution in [3.05, 3.63) is 72.1 Å². The van der Waals surface area contributed by atoms with Crippen molar-refractivity contribution in [2.24, 2.45) is 0 Å². The van der Waals surface area contributed by atoms with E-state index in [2.05, 4.69) is 15.0 Å². The molecule has 0 aliphatic heterocycles. The number of nitrogens with zero attached hydrogens (tertiary/aromatic N) is 4. The summed E-state index contributed by atoms with van der Waals surface area (Å²) in [7, 11) is 2.31. The summed E-state index contributed by atoms with van der Waals surface area (Å²) >= 11 is 0. The molecule has 0 saturated carbocycles. The van der Waals surface area contributed by atoms with Crippen LogP contribution in [0, 0.1) is 0 Å². The highest BCUT2D eigenvalue weighted by Crippen LogP contribution is 2.25. The van der Waals surface area contributed by atoms with Crippen LogP contribution in [0.3, 0.4) is 0 Å². The second kappa shape index (κ2) is 8.79. The first-order chi connectivity index (χ1) is 14.1. The molecule has 1 heterocycles. The van der Waals surface area contributed by atoms with Gasteiger partial charge >= 0.3 is 11.9 Å². The summed E-state index contributed by atoms with van der Waals surface area (Å²) < 4.78 is 10.4. The van der Waals surface area contributed by atoms with Gasteiger partial charge in [-0.2, -0.15) is 0 Å². The SMILES string of the molecule is COC(=O)c1nnn(CC(=O)N(c2ccccc2)c2ccccc2)c1C(=O)OC. The standard InChI is InChI=1S/C20H18N4O5/c1-28-19(26)17-18(20(27)29-2)23(22-21-17)13-16(25)24(14-9-5-3-6-10-14)15-11-7-4-8-12-15/h3-12H,13H2,1-2H3. The van der Waals surface area contributed by atoms with Gasteiger partial charge in [0.1, 0.15) is 6.54 Å². The number of carbonyl (C=O) groups is 3. The number of ether oxygens (including phenoxy) is 2. The minimum atomic E-state index is -0.855. The number of amides is 1. The maximum atomic E-state index is 13.2. The number of aromatic nitrogens is 3. The molecule has 3 aromatic rings. The lowest BCUT2D eigenvalue weighted by molar-refractivity contribution is -0.118. The molecule has 0 atom stereocenters. The summed E-state index contributed by atoms with van der Waals surface area (Å²) in [5.41, 5.74) is 0.695. The van der Waals surface area contributed by atoms with E-state index in [1.54, 1.807) is 24.3 Å².